The summed E-state index contributed by atoms with van der Waals surface area (Å²) in [6.45, 7) is 0. The molecular formula is C16H19FN2O. The van der Waals surface area contributed by atoms with Gasteiger partial charge in [-0.25, -0.2) is 4.39 Å². The van der Waals surface area contributed by atoms with E-state index >= 15 is 0 Å². The Morgan fingerprint density at radius 1 is 1.35 bits per heavy atom. The molecule has 0 radical (unpaired) electrons. The first-order valence-corrected chi connectivity index (χ1v) is 7.44. The van der Waals surface area contributed by atoms with Crippen LogP contribution in [0.25, 0.3) is 0 Å². The number of nitrogens with one attached hydrogen (secondary N) is 1. The van der Waals surface area contributed by atoms with Crippen LogP contribution in [0.15, 0.2) is 24.3 Å². The van der Waals surface area contributed by atoms with Crippen LogP contribution < -0.4 is 5.32 Å². The van der Waals surface area contributed by atoms with Gasteiger partial charge in [0.1, 0.15) is 5.82 Å². The molecule has 1 saturated carbocycles. The Hall–Kier alpha value is -1.42. The molecule has 1 amide bonds. The third-order valence-corrected chi connectivity index (χ3v) is 5.56. The predicted molar refractivity (Wildman–Crippen MR) is 73.8 cm³/mol. The SMILES string of the molecule is CNC1CC2N(C1=O)C21CCCC1c1ccc(F)cc1. The van der Waals surface area contributed by atoms with E-state index in [0.29, 0.717) is 12.0 Å². The Kier molecular flexibility index (Phi) is 2.49. The monoisotopic (exact) mass is 274 g/mol. The topological polar surface area (TPSA) is 32.1 Å². The molecule has 1 aromatic rings. The lowest BCUT2D eigenvalue weighted by Gasteiger charge is -2.24. The van der Waals surface area contributed by atoms with Gasteiger partial charge in [-0.05, 0) is 44.0 Å². The zero-order chi connectivity index (χ0) is 13.9. The molecule has 3 nitrogen and oxygen atoms in total. The third kappa shape index (κ3) is 1.40. The summed E-state index contributed by atoms with van der Waals surface area (Å²) in [5.41, 5.74) is 1.23. The standard InChI is InChI=1S/C16H19FN2O/c1-18-13-9-14-16(19(14)15(13)20)8-2-3-12(16)10-4-6-11(17)7-5-10/h4-7,12-14,18H,2-3,8-9H2,1H3. The van der Waals surface area contributed by atoms with Gasteiger partial charge >= 0.3 is 0 Å². The molecule has 0 aromatic heterocycles. The van der Waals surface area contributed by atoms with Gasteiger partial charge in [0.15, 0.2) is 0 Å². The molecule has 3 aliphatic rings. The van der Waals surface area contributed by atoms with Crippen LogP contribution in [-0.4, -0.2) is 35.5 Å². The minimum atomic E-state index is -0.191. The summed E-state index contributed by atoms with van der Waals surface area (Å²) in [6, 6.07) is 7.25. The predicted octanol–water partition coefficient (Wildman–Crippen LogP) is 2.03. The molecule has 2 aliphatic heterocycles. The zero-order valence-electron chi connectivity index (χ0n) is 11.6. The van der Waals surface area contributed by atoms with E-state index in [1.807, 2.05) is 19.2 Å². The van der Waals surface area contributed by atoms with E-state index in [-0.39, 0.29) is 23.3 Å². The van der Waals surface area contributed by atoms with Crippen molar-refractivity contribution in [2.45, 2.75) is 49.2 Å². The lowest BCUT2D eigenvalue weighted by Crippen LogP contribution is -2.40. The average Bonchev–Trinajstić information content (AvgIpc) is 2.72. The molecule has 3 fully saturated rings. The Balaban J connectivity index is 1.64. The summed E-state index contributed by atoms with van der Waals surface area (Å²) in [5.74, 6) is 0.449. The summed E-state index contributed by atoms with van der Waals surface area (Å²) >= 11 is 0. The van der Waals surface area contributed by atoms with Crippen molar-refractivity contribution in [1.82, 2.24) is 10.2 Å². The van der Waals surface area contributed by atoms with E-state index in [1.54, 1.807) is 0 Å². The molecule has 1 aliphatic carbocycles. The summed E-state index contributed by atoms with van der Waals surface area (Å²) in [5, 5.41) is 3.10. The number of fused-ring (bicyclic) bond motifs is 3. The van der Waals surface area contributed by atoms with Crippen molar-refractivity contribution in [3.63, 3.8) is 0 Å². The van der Waals surface area contributed by atoms with E-state index in [4.69, 9.17) is 0 Å². The number of benzene rings is 1. The van der Waals surface area contributed by atoms with Crippen LogP contribution in [0.2, 0.25) is 0 Å². The van der Waals surface area contributed by atoms with Crippen molar-refractivity contribution in [3.8, 4) is 0 Å². The van der Waals surface area contributed by atoms with E-state index in [2.05, 4.69) is 10.2 Å². The Bertz CT molecular complexity index is 558. The quantitative estimate of drug-likeness (QED) is 0.837. The fourth-order valence-corrected chi connectivity index (χ4v) is 4.66. The molecule has 2 saturated heterocycles. The number of halogens is 1. The molecule has 4 heteroatoms. The van der Waals surface area contributed by atoms with Crippen molar-refractivity contribution in [3.05, 3.63) is 35.6 Å². The van der Waals surface area contributed by atoms with E-state index in [1.165, 1.54) is 17.7 Å². The van der Waals surface area contributed by atoms with Crippen molar-refractivity contribution < 1.29 is 9.18 Å². The number of likely N-dealkylation sites (N-methyl/N-ethyl adjacent to an activating group) is 1. The first kappa shape index (κ1) is 12.3. The van der Waals surface area contributed by atoms with Crippen LogP contribution >= 0.6 is 0 Å². The van der Waals surface area contributed by atoms with Gasteiger partial charge in [0.25, 0.3) is 0 Å². The largest absolute Gasteiger partial charge is 0.328 e. The molecule has 4 unspecified atom stereocenters. The smallest absolute Gasteiger partial charge is 0.240 e. The molecule has 106 valence electrons. The fraction of sp³-hybridized carbons (Fsp3) is 0.562. The van der Waals surface area contributed by atoms with Crippen LogP contribution in [-0.2, 0) is 4.79 Å². The molecule has 1 aromatic carbocycles. The van der Waals surface area contributed by atoms with Gasteiger partial charge in [-0.2, -0.15) is 0 Å². The second kappa shape index (κ2) is 4.04. The summed E-state index contributed by atoms with van der Waals surface area (Å²) in [7, 11) is 1.85. The highest BCUT2D eigenvalue weighted by Gasteiger charge is 2.73. The lowest BCUT2D eigenvalue weighted by molar-refractivity contribution is -0.127. The number of hydrogen-bond acceptors (Lipinski definition) is 2. The minimum absolute atomic E-state index is 0.0000859. The van der Waals surface area contributed by atoms with Crippen LogP contribution in [0.1, 0.15) is 37.2 Å². The van der Waals surface area contributed by atoms with Gasteiger partial charge in [0.2, 0.25) is 5.91 Å². The molecular weight excluding hydrogens is 255 g/mol. The highest BCUT2D eigenvalue weighted by Crippen LogP contribution is 2.63. The number of carbonyl (C=O) groups is 1. The van der Waals surface area contributed by atoms with Gasteiger partial charge in [-0.1, -0.05) is 18.6 Å². The molecule has 1 N–H and O–H groups in total. The third-order valence-electron chi connectivity index (χ3n) is 5.56. The van der Waals surface area contributed by atoms with Crippen molar-refractivity contribution in [2.24, 2.45) is 0 Å². The highest BCUT2D eigenvalue weighted by atomic mass is 19.1. The maximum atomic E-state index is 13.1. The van der Waals surface area contributed by atoms with Gasteiger partial charge in [0.05, 0.1) is 17.6 Å². The molecule has 1 spiro atoms. The highest BCUT2D eigenvalue weighted by molar-refractivity contribution is 5.90. The first-order valence-electron chi connectivity index (χ1n) is 7.44. The molecule has 0 bridgehead atoms. The molecule has 20 heavy (non-hydrogen) atoms. The number of amides is 1. The summed E-state index contributed by atoms with van der Waals surface area (Å²) in [4.78, 5) is 14.5. The van der Waals surface area contributed by atoms with Crippen molar-refractivity contribution in [2.75, 3.05) is 7.05 Å². The van der Waals surface area contributed by atoms with Gasteiger partial charge < -0.3 is 10.2 Å². The number of nitrogens with zero attached hydrogens (tertiary/aromatic N) is 1. The van der Waals surface area contributed by atoms with Gasteiger partial charge in [-0.3, -0.25) is 4.79 Å². The van der Waals surface area contributed by atoms with Crippen LogP contribution in [0.3, 0.4) is 0 Å². The lowest BCUT2D eigenvalue weighted by atomic mass is 9.83. The Labute approximate surface area is 118 Å². The van der Waals surface area contributed by atoms with Gasteiger partial charge in [0, 0.05) is 5.92 Å². The van der Waals surface area contributed by atoms with E-state index in [9.17, 15) is 9.18 Å². The zero-order valence-corrected chi connectivity index (χ0v) is 11.6. The molecule has 4 atom stereocenters. The van der Waals surface area contributed by atoms with Crippen LogP contribution in [0.4, 0.5) is 4.39 Å². The maximum absolute atomic E-state index is 13.1. The summed E-state index contributed by atoms with van der Waals surface area (Å²) in [6.07, 6.45) is 4.29. The van der Waals surface area contributed by atoms with Crippen LogP contribution in [0, 0.1) is 5.82 Å². The van der Waals surface area contributed by atoms with E-state index < -0.39 is 0 Å². The van der Waals surface area contributed by atoms with Crippen molar-refractivity contribution in [1.29, 1.82) is 0 Å². The van der Waals surface area contributed by atoms with Crippen LogP contribution in [0.5, 0.6) is 0 Å². The molecule has 2 heterocycles. The van der Waals surface area contributed by atoms with E-state index in [0.717, 1.165) is 25.7 Å². The second-order valence-corrected chi connectivity index (χ2v) is 6.29. The number of piperidine rings is 1. The number of rotatable bonds is 2. The summed E-state index contributed by atoms with van der Waals surface area (Å²) < 4.78 is 13.1. The Morgan fingerprint density at radius 3 is 2.70 bits per heavy atom. The normalized spacial score (nSPS) is 38.6. The average molecular weight is 274 g/mol. The van der Waals surface area contributed by atoms with Crippen molar-refractivity contribution >= 4 is 5.91 Å². The molecule has 4 rings (SSSR count). The number of hydrogen-bond donors (Lipinski definition) is 1. The first-order chi connectivity index (χ1) is 9.68. The second-order valence-electron chi connectivity index (χ2n) is 6.29. The Morgan fingerprint density at radius 2 is 2.10 bits per heavy atom. The number of carbonyl (C=O) groups excluding carboxylic acids is 1. The fourth-order valence-electron chi connectivity index (χ4n) is 4.66. The van der Waals surface area contributed by atoms with Gasteiger partial charge in [-0.15, -0.1) is 0 Å². The minimum Gasteiger partial charge on any atom is -0.328 e. The maximum Gasteiger partial charge on any atom is 0.240 e.